The number of rotatable bonds is 1. The molecule has 26 heavy (non-hydrogen) atoms. The number of carbonyl (C=O) groups excluding carboxylic acids is 1. The summed E-state index contributed by atoms with van der Waals surface area (Å²) in [4.78, 5) is 21.2. The van der Waals surface area contributed by atoms with Crippen LogP contribution in [0.15, 0.2) is 18.3 Å². The van der Waals surface area contributed by atoms with E-state index in [0.29, 0.717) is 33.7 Å². The van der Waals surface area contributed by atoms with Crippen molar-refractivity contribution >= 4 is 52.2 Å². The summed E-state index contributed by atoms with van der Waals surface area (Å²) in [6.07, 6.45) is 1.46. The molecule has 0 aromatic carbocycles. The maximum Gasteiger partial charge on any atom is 0.256 e. The Morgan fingerprint density at radius 3 is 2.92 bits per heavy atom. The van der Waals surface area contributed by atoms with Gasteiger partial charge in [-0.1, -0.05) is 23.2 Å². The predicted octanol–water partition coefficient (Wildman–Crippen LogP) is 2.34. The molecule has 0 atom stereocenters. The quantitative estimate of drug-likeness (QED) is 0.582. The number of nitrogens with one attached hydrogen (secondary N) is 3. The lowest BCUT2D eigenvalue weighted by molar-refractivity contribution is 0.0948. The van der Waals surface area contributed by atoms with Gasteiger partial charge in [0.25, 0.3) is 5.91 Å². The second-order valence-corrected chi connectivity index (χ2v) is 6.22. The number of carbonyl (C=O) groups is 1. The number of aromatic nitrogens is 4. The first-order valence-electron chi connectivity index (χ1n) is 7.67. The zero-order valence-corrected chi connectivity index (χ0v) is 15.0. The number of ether oxygens (including phenoxy) is 1. The lowest BCUT2D eigenvalue weighted by Gasteiger charge is -2.12. The van der Waals surface area contributed by atoms with Crippen molar-refractivity contribution in [3.05, 3.63) is 33.9 Å². The van der Waals surface area contributed by atoms with Crippen LogP contribution in [0.1, 0.15) is 10.4 Å². The molecule has 0 spiro atoms. The fourth-order valence-corrected chi connectivity index (χ4v) is 2.99. The van der Waals surface area contributed by atoms with E-state index in [-0.39, 0.29) is 30.0 Å². The van der Waals surface area contributed by atoms with Crippen molar-refractivity contribution in [3.63, 3.8) is 0 Å². The Balaban J connectivity index is 1.91. The highest BCUT2D eigenvalue weighted by molar-refractivity contribution is 6.36. The van der Waals surface area contributed by atoms with Gasteiger partial charge in [0.2, 0.25) is 5.88 Å². The average Bonchev–Trinajstić information content (AvgIpc) is 3.04. The van der Waals surface area contributed by atoms with Crippen molar-refractivity contribution in [2.24, 2.45) is 0 Å². The number of fused-ring (bicyclic) bond motifs is 3. The summed E-state index contributed by atoms with van der Waals surface area (Å²) in [5.41, 5.74) is 0.732. The molecule has 3 aromatic heterocycles. The molecular formula is C15H13Cl2N7O2. The van der Waals surface area contributed by atoms with Gasteiger partial charge < -0.3 is 20.7 Å². The Morgan fingerprint density at radius 1 is 1.27 bits per heavy atom. The van der Waals surface area contributed by atoms with Gasteiger partial charge in [0.05, 0.1) is 17.8 Å². The topological polar surface area (TPSA) is 105 Å². The van der Waals surface area contributed by atoms with Crippen LogP contribution in [0.3, 0.4) is 0 Å². The molecule has 0 saturated carbocycles. The number of pyridine rings is 1. The Kier molecular flexibility index (Phi) is 4.17. The highest BCUT2D eigenvalue weighted by Crippen LogP contribution is 2.32. The molecular weight excluding hydrogens is 381 g/mol. The van der Waals surface area contributed by atoms with Crippen LogP contribution < -0.4 is 20.7 Å². The number of nitrogens with zero attached hydrogens (tertiary/aromatic N) is 4. The maximum atomic E-state index is 12.4. The van der Waals surface area contributed by atoms with E-state index >= 15 is 0 Å². The first-order chi connectivity index (χ1) is 12.6. The molecule has 4 rings (SSSR count). The monoisotopic (exact) mass is 393 g/mol. The normalized spacial score (nSPS) is 13.9. The molecule has 1 aliphatic rings. The van der Waals surface area contributed by atoms with E-state index in [9.17, 15) is 4.79 Å². The van der Waals surface area contributed by atoms with Crippen molar-refractivity contribution in [3.8, 4) is 5.88 Å². The summed E-state index contributed by atoms with van der Waals surface area (Å²) in [7, 11) is 1.74. The fourth-order valence-electron chi connectivity index (χ4n) is 2.53. The second-order valence-electron chi connectivity index (χ2n) is 5.41. The molecule has 134 valence electrons. The number of hydrogen-bond acceptors (Lipinski definition) is 7. The molecule has 0 unspecified atom stereocenters. The van der Waals surface area contributed by atoms with E-state index in [1.54, 1.807) is 17.6 Å². The molecule has 1 aliphatic heterocycles. The Morgan fingerprint density at radius 2 is 2.12 bits per heavy atom. The third-order valence-electron chi connectivity index (χ3n) is 3.74. The van der Waals surface area contributed by atoms with Gasteiger partial charge in [-0.05, 0) is 6.07 Å². The molecule has 0 fully saturated rings. The Labute approximate surface area is 157 Å². The maximum absolute atomic E-state index is 12.4. The van der Waals surface area contributed by atoms with E-state index < -0.39 is 0 Å². The molecule has 0 radical (unpaired) electrons. The van der Waals surface area contributed by atoms with Crippen LogP contribution in [0.25, 0.3) is 5.65 Å². The number of halogens is 2. The highest BCUT2D eigenvalue weighted by Gasteiger charge is 2.19. The van der Waals surface area contributed by atoms with Crippen LogP contribution in [-0.4, -0.2) is 45.7 Å². The summed E-state index contributed by atoms with van der Waals surface area (Å²) >= 11 is 12.4. The Hall–Kier alpha value is -2.78. The van der Waals surface area contributed by atoms with E-state index in [2.05, 4.69) is 31.0 Å². The van der Waals surface area contributed by atoms with Crippen LogP contribution in [0.5, 0.6) is 5.88 Å². The van der Waals surface area contributed by atoms with E-state index in [4.69, 9.17) is 27.9 Å². The minimum Gasteiger partial charge on any atom is -0.475 e. The fraction of sp³-hybridized carbons (Fsp3) is 0.200. The van der Waals surface area contributed by atoms with Gasteiger partial charge in [0.1, 0.15) is 28.8 Å². The third kappa shape index (κ3) is 2.85. The Bertz CT molecular complexity index is 1020. The van der Waals surface area contributed by atoms with Gasteiger partial charge in [0, 0.05) is 13.1 Å². The third-order valence-corrected chi connectivity index (χ3v) is 4.30. The van der Waals surface area contributed by atoms with Crippen LogP contribution in [-0.2, 0) is 0 Å². The van der Waals surface area contributed by atoms with Crippen molar-refractivity contribution in [1.29, 1.82) is 0 Å². The van der Waals surface area contributed by atoms with Gasteiger partial charge in [-0.15, -0.1) is 0 Å². The van der Waals surface area contributed by atoms with Crippen molar-refractivity contribution < 1.29 is 9.53 Å². The SMILES string of the molecule is CNc1cc2nc3c(cnn13)C(=O)NCCOc1nc(c(Cl)cc1Cl)N2. The van der Waals surface area contributed by atoms with Gasteiger partial charge in [0.15, 0.2) is 11.5 Å². The molecule has 3 aromatic rings. The highest BCUT2D eigenvalue weighted by atomic mass is 35.5. The largest absolute Gasteiger partial charge is 0.475 e. The van der Waals surface area contributed by atoms with Crippen molar-refractivity contribution in [2.75, 3.05) is 30.8 Å². The summed E-state index contributed by atoms with van der Waals surface area (Å²) < 4.78 is 7.08. The molecule has 3 N–H and O–H groups in total. The lowest BCUT2D eigenvalue weighted by atomic mass is 10.3. The van der Waals surface area contributed by atoms with Gasteiger partial charge in [-0.3, -0.25) is 4.79 Å². The molecule has 11 heteroatoms. The van der Waals surface area contributed by atoms with Crippen molar-refractivity contribution in [2.45, 2.75) is 0 Å². The van der Waals surface area contributed by atoms with Crippen molar-refractivity contribution in [1.82, 2.24) is 24.9 Å². The minimum absolute atomic E-state index is 0.191. The molecule has 0 saturated heterocycles. The number of amides is 1. The predicted molar refractivity (Wildman–Crippen MR) is 97.9 cm³/mol. The minimum atomic E-state index is -0.307. The summed E-state index contributed by atoms with van der Waals surface area (Å²) in [5.74, 6) is 1.30. The number of anilines is 3. The van der Waals surface area contributed by atoms with Crippen LogP contribution in [0, 0.1) is 0 Å². The summed E-state index contributed by atoms with van der Waals surface area (Å²) in [5, 5.41) is 13.6. The molecule has 9 nitrogen and oxygen atoms in total. The smallest absolute Gasteiger partial charge is 0.256 e. The standard InChI is InChI=1S/C15H13Cl2N7O2/c1-18-11-5-10-21-12-8(16)4-9(17)15(23-12)26-3-2-19-14(25)7-6-20-24(11)13(7)22-10/h4-6,18H,2-3H2,1H3,(H,19,25)(H,21,22,23). The van der Waals surface area contributed by atoms with E-state index in [0.717, 1.165) is 0 Å². The second kappa shape index (κ2) is 6.50. The molecule has 4 bridgehead atoms. The lowest BCUT2D eigenvalue weighted by Crippen LogP contribution is -2.28. The van der Waals surface area contributed by atoms with Crippen LogP contribution in [0.4, 0.5) is 17.5 Å². The van der Waals surface area contributed by atoms with Gasteiger partial charge in [-0.25, -0.2) is 4.98 Å². The van der Waals surface area contributed by atoms with Gasteiger partial charge >= 0.3 is 0 Å². The average molecular weight is 394 g/mol. The van der Waals surface area contributed by atoms with E-state index in [1.807, 2.05) is 0 Å². The number of hydrogen-bond donors (Lipinski definition) is 3. The van der Waals surface area contributed by atoms with Crippen LogP contribution in [0.2, 0.25) is 10.0 Å². The zero-order chi connectivity index (χ0) is 18.3. The molecule has 4 heterocycles. The summed E-state index contributed by atoms with van der Waals surface area (Å²) in [6, 6.07) is 3.25. The molecule has 1 amide bonds. The summed E-state index contributed by atoms with van der Waals surface area (Å²) in [6.45, 7) is 0.453. The van der Waals surface area contributed by atoms with Crippen LogP contribution >= 0.6 is 23.2 Å². The first-order valence-corrected chi connectivity index (χ1v) is 8.43. The molecule has 0 aliphatic carbocycles. The first kappa shape index (κ1) is 16.7. The van der Waals surface area contributed by atoms with E-state index in [1.165, 1.54) is 12.3 Å². The zero-order valence-electron chi connectivity index (χ0n) is 13.5. The van der Waals surface area contributed by atoms with Gasteiger partial charge in [-0.2, -0.15) is 14.6 Å².